The number of ether oxygens (including phenoxy) is 1. The van der Waals surface area contributed by atoms with E-state index in [4.69, 9.17) is 10.1 Å². The molecule has 1 saturated heterocycles. The van der Waals surface area contributed by atoms with Gasteiger partial charge in [0.1, 0.15) is 16.8 Å². The number of rotatable bonds is 2. The Kier molecular flexibility index (Phi) is 5.27. The molecule has 1 amide bonds. The van der Waals surface area contributed by atoms with E-state index < -0.39 is 44.0 Å². The first-order valence-electron chi connectivity index (χ1n) is 9.78. The van der Waals surface area contributed by atoms with Gasteiger partial charge in [0.15, 0.2) is 11.5 Å². The van der Waals surface area contributed by atoms with Crippen LogP contribution in [0.3, 0.4) is 0 Å². The highest BCUT2D eigenvalue weighted by molar-refractivity contribution is 7.90. The van der Waals surface area contributed by atoms with Crippen LogP contribution in [0.5, 0.6) is 5.75 Å². The Hall–Kier alpha value is -3.28. The summed E-state index contributed by atoms with van der Waals surface area (Å²) in [5.74, 6) is -2.80. The molecule has 0 bridgehead atoms. The lowest BCUT2D eigenvalue weighted by atomic mass is 9.84. The maximum atomic E-state index is 13.9. The molecule has 2 aliphatic heterocycles. The topological polar surface area (TPSA) is 124 Å². The fraction of sp³-hybridized carbons (Fsp3) is 0.350. The van der Waals surface area contributed by atoms with Gasteiger partial charge in [0, 0.05) is 24.4 Å². The molecular formula is C20H21F2N5O4S. The molecule has 2 aliphatic rings. The molecule has 3 heterocycles. The van der Waals surface area contributed by atoms with Crippen molar-refractivity contribution in [2.75, 3.05) is 19.0 Å². The highest BCUT2D eigenvalue weighted by Crippen LogP contribution is 2.43. The smallest absolute Gasteiger partial charge is 0.277 e. The van der Waals surface area contributed by atoms with Gasteiger partial charge in [-0.2, -0.15) is 0 Å². The first-order valence-corrected chi connectivity index (χ1v) is 11.3. The van der Waals surface area contributed by atoms with Gasteiger partial charge in [-0.1, -0.05) is 0 Å². The summed E-state index contributed by atoms with van der Waals surface area (Å²) in [6.07, 6.45) is 1.52. The average Bonchev–Trinajstić information content (AvgIpc) is 2.71. The minimum absolute atomic E-state index is 0.230. The summed E-state index contributed by atoms with van der Waals surface area (Å²) < 4.78 is 60.0. The van der Waals surface area contributed by atoms with Crippen LogP contribution in [-0.4, -0.2) is 48.5 Å². The Morgan fingerprint density at radius 2 is 2.12 bits per heavy atom. The van der Waals surface area contributed by atoms with Gasteiger partial charge in [-0.25, -0.2) is 26.5 Å². The summed E-state index contributed by atoms with van der Waals surface area (Å²) in [6, 6.07) is 5.17. The molecular weight excluding hydrogens is 444 g/mol. The van der Waals surface area contributed by atoms with E-state index in [1.165, 1.54) is 19.2 Å². The first-order chi connectivity index (χ1) is 15.0. The van der Waals surface area contributed by atoms with Crippen molar-refractivity contribution in [1.82, 2.24) is 14.6 Å². The lowest BCUT2D eigenvalue weighted by Crippen LogP contribution is -2.66. The minimum atomic E-state index is -3.83. The van der Waals surface area contributed by atoms with Gasteiger partial charge >= 0.3 is 0 Å². The zero-order chi connectivity index (χ0) is 23.3. The molecule has 1 aromatic heterocycles. The van der Waals surface area contributed by atoms with Gasteiger partial charge in [0.05, 0.1) is 18.3 Å². The minimum Gasteiger partial charge on any atom is -0.493 e. The predicted octanol–water partition coefficient (Wildman–Crippen LogP) is 2.17. The second kappa shape index (κ2) is 7.69. The Bertz CT molecular complexity index is 1220. The highest BCUT2D eigenvalue weighted by atomic mass is 32.2. The van der Waals surface area contributed by atoms with E-state index in [0.29, 0.717) is 36.8 Å². The first kappa shape index (κ1) is 21.9. The average molecular weight is 465 g/mol. The number of guanidine groups is 1. The number of pyridine rings is 1. The summed E-state index contributed by atoms with van der Waals surface area (Å²) in [7, 11) is -2.51. The van der Waals surface area contributed by atoms with E-state index in [1.54, 1.807) is 13.0 Å². The normalized spacial score (nSPS) is 24.2. The molecule has 12 heteroatoms. The van der Waals surface area contributed by atoms with Crippen LogP contribution in [-0.2, 0) is 15.6 Å². The molecule has 0 unspecified atom stereocenters. The van der Waals surface area contributed by atoms with Crippen LogP contribution < -0.4 is 15.4 Å². The molecule has 1 fully saturated rings. The monoisotopic (exact) mass is 465 g/mol. The molecule has 9 nitrogen and oxygen atoms in total. The number of nitrogens with zero attached hydrogens (tertiary/aromatic N) is 2. The number of amides is 1. The maximum Gasteiger partial charge on any atom is 0.277 e. The van der Waals surface area contributed by atoms with Crippen LogP contribution in [0, 0.1) is 17.0 Å². The third kappa shape index (κ3) is 3.53. The van der Waals surface area contributed by atoms with Gasteiger partial charge in [0.25, 0.3) is 5.91 Å². The molecule has 170 valence electrons. The third-order valence-electron chi connectivity index (χ3n) is 5.77. The Morgan fingerprint density at radius 3 is 2.84 bits per heavy atom. The molecule has 32 heavy (non-hydrogen) atoms. The Balaban J connectivity index is 1.76. The lowest BCUT2D eigenvalue weighted by Gasteiger charge is -2.47. The molecule has 0 saturated carbocycles. The molecule has 2 atom stereocenters. The summed E-state index contributed by atoms with van der Waals surface area (Å²) in [4.78, 5) is 16.0. The van der Waals surface area contributed by atoms with Gasteiger partial charge in [-0.3, -0.25) is 10.2 Å². The Labute approximate surface area is 183 Å². The zero-order valence-electron chi connectivity index (χ0n) is 17.3. The van der Waals surface area contributed by atoms with Gasteiger partial charge < -0.3 is 15.4 Å². The summed E-state index contributed by atoms with van der Waals surface area (Å²) >= 11 is 0. The van der Waals surface area contributed by atoms with Crippen LogP contribution in [0.25, 0.3) is 0 Å². The second-order valence-corrected chi connectivity index (χ2v) is 9.96. The highest BCUT2D eigenvalue weighted by Gasteiger charge is 2.52. The van der Waals surface area contributed by atoms with Crippen molar-refractivity contribution in [3.8, 4) is 5.75 Å². The second-order valence-electron chi connectivity index (χ2n) is 7.82. The van der Waals surface area contributed by atoms with E-state index >= 15 is 0 Å². The summed E-state index contributed by atoms with van der Waals surface area (Å²) in [5.41, 5.74) is -1.15. The summed E-state index contributed by atoms with van der Waals surface area (Å²) in [6.45, 7) is 1.96. The lowest BCUT2D eigenvalue weighted by molar-refractivity contribution is 0.101. The largest absolute Gasteiger partial charge is 0.493 e. The molecule has 0 spiro atoms. The molecule has 0 radical (unpaired) electrons. The number of anilines is 1. The van der Waals surface area contributed by atoms with E-state index in [-0.39, 0.29) is 11.6 Å². The number of carbonyl (C=O) groups is 1. The van der Waals surface area contributed by atoms with Crippen molar-refractivity contribution in [3.05, 3.63) is 53.4 Å². The SMILES string of the molecule is CN1C(=N)N[C@]2(C)c3cc(NC(=O)c4ncc(F)cc4F)ccc3OCCC[C@@H]2S1(=O)=O. The van der Waals surface area contributed by atoms with Crippen molar-refractivity contribution in [2.45, 2.75) is 30.6 Å². The standard InChI is InChI=1S/C20H21F2N5O4S/c1-20-13-9-12(25-18(28)17-14(22)8-11(21)10-24-17)5-6-15(13)31-7-3-4-16(20)32(29,30)27(2)19(23)26-20/h5-6,8-10,16H,3-4,7H2,1-2H3,(H2,23,26)(H,25,28)/t16-,20+/m0/s1. The van der Waals surface area contributed by atoms with Crippen molar-refractivity contribution in [3.63, 3.8) is 0 Å². The van der Waals surface area contributed by atoms with Crippen molar-refractivity contribution < 1.29 is 26.7 Å². The number of hydrogen-bond acceptors (Lipinski definition) is 6. The van der Waals surface area contributed by atoms with Crippen LogP contribution in [0.4, 0.5) is 14.5 Å². The number of carbonyl (C=O) groups excluding carboxylic acids is 1. The number of hydrogen-bond donors (Lipinski definition) is 3. The molecule has 0 aliphatic carbocycles. The van der Waals surface area contributed by atoms with E-state index in [0.717, 1.165) is 10.5 Å². The fourth-order valence-corrected chi connectivity index (χ4v) is 5.99. The van der Waals surface area contributed by atoms with Crippen molar-refractivity contribution >= 4 is 27.6 Å². The number of sulfonamides is 1. The van der Waals surface area contributed by atoms with Crippen LogP contribution in [0.15, 0.2) is 30.5 Å². The number of nitrogens with one attached hydrogen (secondary N) is 3. The molecule has 2 aromatic rings. The zero-order valence-corrected chi connectivity index (χ0v) is 18.1. The number of fused-ring (bicyclic) bond motifs is 3. The van der Waals surface area contributed by atoms with Crippen LogP contribution in [0.1, 0.15) is 35.8 Å². The quantitative estimate of drug-likeness (QED) is 0.625. The summed E-state index contributed by atoms with van der Waals surface area (Å²) in [5, 5.41) is 12.7. The van der Waals surface area contributed by atoms with E-state index in [9.17, 15) is 22.0 Å². The predicted molar refractivity (Wildman–Crippen MR) is 112 cm³/mol. The third-order valence-corrected chi connectivity index (χ3v) is 8.14. The van der Waals surface area contributed by atoms with E-state index in [1.807, 2.05) is 0 Å². The van der Waals surface area contributed by atoms with Crippen molar-refractivity contribution in [1.29, 1.82) is 5.41 Å². The Morgan fingerprint density at radius 1 is 1.38 bits per heavy atom. The molecule has 3 N–H and O–H groups in total. The van der Waals surface area contributed by atoms with Gasteiger partial charge in [-0.05, 0) is 38.0 Å². The number of benzene rings is 1. The van der Waals surface area contributed by atoms with Crippen molar-refractivity contribution in [2.24, 2.45) is 0 Å². The number of halogens is 2. The maximum absolute atomic E-state index is 13.9. The van der Waals surface area contributed by atoms with Gasteiger partial charge in [-0.15, -0.1) is 0 Å². The van der Waals surface area contributed by atoms with Gasteiger partial charge in [0.2, 0.25) is 16.0 Å². The van der Waals surface area contributed by atoms with E-state index in [2.05, 4.69) is 15.6 Å². The molecule has 4 rings (SSSR count). The fourth-order valence-electron chi connectivity index (χ4n) is 4.06. The van der Waals surface area contributed by atoms with Crippen LogP contribution >= 0.6 is 0 Å². The number of aromatic nitrogens is 1. The van der Waals surface area contributed by atoms with Crippen LogP contribution in [0.2, 0.25) is 0 Å². The molecule has 1 aromatic carbocycles.